The highest BCUT2D eigenvalue weighted by Gasteiger charge is 2.32. The number of ether oxygens (including phenoxy) is 1. The fourth-order valence-electron chi connectivity index (χ4n) is 2.70. The van der Waals surface area contributed by atoms with Crippen LogP contribution in [0.1, 0.15) is 25.7 Å². The van der Waals surface area contributed by atoms with Gasteiger partial charge < -0.3 is 20.0 Å². The molecule has 1 fully saturated rings. The van der Waals surface area contributed by atoms with Gasteiger partial charge in [-0.3, -0.25) is 4.79 Å². The lowest BCUT2D eigenvalue weighted by atomic mass is 9.78. The summed E-state index contributed by atoms with van der Waals surface area (Å²) in [6, 6.07) is 7.06. The van der Waals surface area contributed by atoms with Crippen LogP contribution >= 0.6 is 0 Å². The number of para-hydroxylation sites is 2. The molecule has 1 saturated carbocycles. The average Bonchev–Trinajstić information content (AvgIpc) is 2.47. The number of carbonyl (C=O) groups is 2. The van der Waals surface area contributed by atoms with E-state index in [0.717, 1.165) is 12.8 Å². The van der Waals surface area contributed by atoms with Crippen molar-refractivity contribution in [1.29, 1.82) is 0 Å². The lowest BCUT2D eigenvalue weighted by molar-refractivity contribution is -0.313. The number of aliphatic carboxylic acids is 1. The molecule has 1 aliphatic carbocycles. The number of amides is 1. The van der Waals surface area contributed by atoms with Crippen molar-refractivity contribution in [3.8, 4) is 5.75 Å². The molecular weight excluding hydrogens is 258 g/mol. The summed E-state index contributed by atoms with van der Waals surface area (Å²) in [7, 11) is 1.52. The van der Waals surface area contributed by atoms with Crippen molar-refractivity contribution in [2.45, 2.75) is 25.7 Å². The average molecular weight is 276 g/mol. The summed E-state index contributed by atoms with van der Waals surface area (Å²) in [5.74, 6) is -2.08. The summed E-state index contributed by atoms with van der Waals surface area (Å²) < 4.78 is 5.16. The Kier molecular flexibility index (Phi) is 4.61. The summed E-state index contributed by atoms with van der Waals surface area (Å²) in [5.41, 5.74) is 0.558. The molecule has 2 rings (SSSR count). The van der Waals surface area contributed by atoms with Crippen LogP contribution in [0.5, 0.6) is 5.75 Å². The number of methoxy groups -OCH3 is 1. The molecule has 0 aromatic heterocycles. The molecule has 0 bridgehead atoms. The Bertz CT molecular complexity index is 500. The minimum Gasteiger partial charge on any atom is -0.550 e. The van der Waals surface area contributed by atoms with E-state index in [1.165, 1.54) is 7.11 Å². The van der Waals surface area contributed by atoms with E-state index in [4.69, 9.17) is 4.74 Å². The second kappa shape index (κ2) is 6.41. The van der Waals surface area contributed by atoms with Crippen LogP contribution in [0.25, 0.3) is 0 Å². The second-order valence-electron chi connectivity index (χ2n) is 5.01. The highest BCUT2D eigenvalue weighted by atomic mass is 16.5. The summed E-state index contributed by atoms with van der Waals surface area (Å²) in [4.78, 5) is 23.4. The number of benzene rings is 1. The first-order valence-electron chi connectivity index (χ1n) is 6.78. The first-order valence-corrected chi connectivity index (χ1v) is 6.78. The van der Waals surface area contributed by atoms with Gasteiger partial charge >= 0.3 is 0 Å². The molecule has 5 nitrogen and oxygen atoms in total. The van der Waals surface area contributed by atoms with Crippen LogP contribution in [0.3, 0.4) is 0 Å². The van der Waals surface area contributed by atoms with Crippen molar-refractivity contribution in [3.05, 3.63) is 24.3 Å². The third-order valence-electron chi connectivity index (χ3n) is 3.77. The van der Waals surface area contributed by atoms with Crippen LogP contribution < -0.4 is 15.2 Å². The molecule has 1 amide bonds. The molecular formula is C15H18NO4-. The molecule has 2 atom stereocenters. The second-order valence-corrected chi connectivity index (χ2v) is 5.01. The molecule has 5 heteroatoms. The Morgan fingerprint density at radius 3 is 2.50 bits per heavy atom. The number of nitrogens with one attached hydrogen (secondary N) is 1. The minimum atomic E-state index is -1.13. The summed E-state index contributed by atoms with van der Waals surface area (Å²) in [6.07, 6.45) is 2.79. The van der Waals surface area contributed by atoms with Gasteiger partial charge in [0.2, 0.25) is 5.91 Å². The number of carboxylic acid groups (broad SMARTS) is 1. The predicted octanol–water partition coefficient (Wildman–Crippen LogP) is 1.19. The minimum absolute atomic E-state index is 0.275. The van der Waals surface area contributed by atoms with Crippen LogP contribution in [-0.2, 0) is 9.59 Å². The standard InChI is InChI=1S/C15H19NO4/c1-20-13-9-5-4-8-12(13)16-14(17)10-6-2-3-7-11(10)15(18)19/h4-5,8-11H,2-3,6-7H2,1H3,(H,16,17)(H,18,19)/p-1/t10-,11-/m1/s1. The third-order valence-corrected chi connectivity index (χ3v) is 3.77. The fourth-order valence-corrected chi connectivity index (χ4v) is 2.70. The SMILES string of the molecule is COc1ccccc1NC(=O)[C@@H]1CCCC[C@H]1C(=O)[O-]. The maximum atomic E-state index is 12.3. The van der Waals surface area contributed by atoms with Crippen molar-refractivity contribution in [2.24, 2.45) is 11.8 Å². The number of rotatable bonds is 4. The first kappa shape index (κ1) is 14.4. The van der Waals surface area contributed by atoms with E-state index in [1.54, 1.807) is 24.3 Å². The van der Waals surface area contributed by atoms with E-state index in [-0.39, 0.29) is 5.91 Å². The summed E-state index contributed by atoms with van der Waals surface area (Å²) >= 11 is 0. The Balaban J connectivity index is 2.12. The molecule has 1 aliphatic rings. The van der Waals surface area contributed by atoms with Crippen LogP contribution in [-0.4, -0.2) is 19.0 Å². The highest BCUT2D eigenvalue weighted by molar-refractivity contribution is 5.96. The van der Waals surface area contributed by atoms with E-state index in [1.807, 2.05) is 0 Å². The molecule has 1 aromatic rings. The molecule has 0 radical (unpaired) electrons. The maximum Gasteiger partial charge on any atom is 0.228 e. The quantitative estimate of drug-likeness (QED) is 0.896. The molecule has 20 heavy (non-hydrogen) atoms. The van der Waals surface area contributed by atoms with Gasteiger partial charge in [-0.05, 0) is 25.0 Å². The van der Waals surface area contributed by atoms with Crippen LogP contribution in [0.2, 0.25) is 0 Å². The summed E-state index contributed by atoms with van der Waals surface area (Å²) in [6.45, 7) is 0. The first-order chi connectivity index (χ1) is 9.63. The molecule has 0 aliphatic heterocycles. The van der Waals surface area contributed by atoms with Gasteiger partial charge in [0.15, 0.2) is 0 Å². The van der Waals surface area contributed by atoms with Crippen molar-refractivity contribution in [1.82, 2.24) is 0 Å². The number of hydrogen-bond acceptors (Lipinski definition) is 4. The molecule has 0 unspecified atom stereocenters. The third kappa shape index (κ3) is 3.10. The van der Waals surface area contributed by atoms with Gasteiger partial charge in [-0.15, -0.1) is 0 Å². The molecule has 1 N–H and O–H groups in total. The van der Waals surface area contributed by atoms with E-state index in [2.05, 4.69) is 5.32 Å². The lowest BCUT2D eigenvalue weighted by Crippen LogP contribution is -2.42. The zero-order chi connectivity index (χ0) is 14.5. The van der Waals surface area contributed by atoms with Gasteiger partial charge in [0.1, 0.15) is 5.75 Å². The van der Waals surface area contributed by atoms with Crippen LogP contribution in [0, 0.1) is 11.8 Å². The predicted molar refractivity (Wildman–Crippen MR) is 72.1 cm³/mol. The van der Waals surface area contributed by atoms with Crippen LogP contribution in [0.15, 0.2) is 24.3 Å². The largest absolute Gasteiger partial charge is 0.550 e. The molecule has 0 heterocycles. The zero-order valence-electron chi connectivity index (χ0n) is 11.4. The maximum absolute atomic E-state index is 12.3. The van der Waals surface area contributed by atoms with Gasteiger partial charge in [-0.25, -0.2) is 0 Å². The highest BCUT2D eigenvalue weighted by Crippen LogP contribution is 2.32. The van der Waals surface area contributed by atoms with E-state index in [9.17, 15) is 14.7 Å². The van der Waals surface area contributed by atoms with E-state index >= 15 is 0 Å². The zero-order valence-corrected chi connectivity index (χ0v) is 11.4. The van der Waals surface area contributed by atoms with E-state index in [0.29, 0.717) is 24.3 Å². The Hall–Kier alpha value is -2.04. The molecule has 0 saturated heterocycles. The van der Waals surface area contributed by atoms with Gasteiger partial charge in [0, 0.05) is 17.8 Å². The number of carboxylic acids is 1. The van der Waals surface area contributed by atoms with Gasteiger partial charge in [-0.1, -0.05) is 25.0 Å². The molecule has 1 aromatic carbocycles. The summed E-state index contributed by atoms with van der Waals surface area (Å²) in [5, 5.41) is 13.9. The Labute approximate surface area is 117 Å². The lowest BCUT2D eigenvalue weighted by Gasteiger charge is -2.31. The fraction of sp³-hybridized carbons (Fsp3) is 0.467. The molecule has 108 valence electrons. The van der Waals surface area contributed by atoms with Gasteiger partial charge in [0.25, 0.3) is 0 Å². The normalized spacial score (nSPS) is 22.1. The van der Waals surface area contributed by atoms with E-state index < -0.39 is 17.8 Å². The number of anilines is 1. The van der Waals surface area contributed by atoms with Crippen molar-refractivity contribution >= 4 is 17.6 Å². The molecule has 0 spiro atoms. The Morgan fingerprint density at radius 2 is 1.85 bits per heavy atom. The smallest absolute Gasteiger partial charge is 0.228 e. The van der Waals surface area contributed by atoms with Gasteiger partial charge in [-0.2, -0.15) is 0 Å². The topological polar surface area (TPSA) is 78.5 Å². The monoisotopic (exact) mass is 276 g/mol. The van der Waals surface area contributed by atoms with Gasteiger partial charge in [0.05, 0.1) is 12.8 Å². The number of hydrogen-bond donors (Lipinski definition) is 1. The number of carbonyl (C=O) groups excluding carboxylic acids is 2. The van der Waals surface area contributed by atoms with Crippen molar-refractivity contribution in [2.75, 3.05) is 12.4 Å². The van der Waals surface area contributed by atoms with Crippen LogP contribution in [0.4, 0.5) is 5.69 Å². The van der Waals surface area contributed by atoms with Crippen molar-refractivity contribution < 1.29 is 19.4 Å². The Morgan fingerprint density at radius 1 is 1.20 bits per heavy atom. The van der Waals surface area contributed by atoms with Crippen molar-refractivity contribution in [3.63, 3.8) is 0 Å².